The number of nitrogens with two attached hydrogens (primary N) is 1. The predicted octanol–water partition coefficient (Wildman–Crippen LogP) is -1.44. The first kappa shape index (κ1) is 20.8. The summed E-state index contributed by atoms with van der Waals surface area (Å²) in [5.74, 6) is -7.50. The van der Waals surface area contributed by atoms with Crippen LogP contribution in [0.5, 0.6) is 5.75 Å². The van der Waals surface area contributed by atoms with Gasteiger partial charge in [-0.25, -0.2) is 0 Å². The van der Waals surface area contributed by atoms with Crippen molar-refractivity contribution < 1.29 is 39.9 Å². The summed E-state index contributed by atoms with van der Waals surface area (Å²) in [5.41, 5.74) is 0.918. The van der Waals surface area contributed by atoms with Crippen molar-refractivity contribution in [3.05, 3.63) is 40.7 Å². The molecule has 1 saturated carbocycles. The fraction of sp³-hybridized carbons (Fsp3) is 0.350. The molecule has 1 heterocycles. The number of ketones is 2. The quantitative estimate of drug-likeness (QED) is 0.273. The number of primary amides is 1. The summed E-state index contributed by atoms with van der Waals surface area (Å²) in [6.45, 7) is 0. The number of aliphatic hydroxyl groups is 4. The highest BCUT2D eigenvalue weighted by Gasteiger charge is 2.67. The molecule has 2 aliphatic carbocycles. The molecule has 8 N–H and O–H groups in total. The highest BCUT2D eigenvalue weighted by molar-refractivity contribution is 6.25. The SMILES string of the molecule is CN(C)[C@@H]1C(=O)C(C(N)=O)=C(O)[C@@]2(O)C(=O)C3=C(O)c4c(O)cccc4N[C@H]3[C@H](O)[C@@H]12. The maximum Gasteiger partial charge on any atom is 0.255 e. The van der Waals surface area contributed by atoms with Crippen LogP contribution in [0.2, 0.25) is 0 Å². The maximum atomic E-state index is 13.5. The Kier molecular flexibility index (Phi) is 4.40. The molecular weight excluding hydrogens is 410 g/mol. The lowest BCUT2D eigenvalue weighted by molar-refractivity contribution is -0.164. The number of likely N-dealkylation sites (N-methyl/N-ethyl adjacent to an activating group) is 1. The molecule has 0 saturated heterocycles. The topological polar surface area (TPSA) is 194 Å². The number of benzene rings is 1. The number of carbonyl (C=O) groups excluding carboxylic acids is 3. The van der Waals surface area contributed by atoms with Gasteiger partial charge >= 0.3 is 0 Å². The van der Waals surface area contributed by atoms with Gasteiger partial charge in [0.1, 0.15) is 22.8 Å². The van der Waals surface area contributed by atoms with E-state index >= 15 is 0 Å². The van der Waals surface area contributed by atoms with Crippen LogP contribution < -0.4 is 11.1 Å². The van der Waals surface area contributed by atoms with Gasteiger partial charge in [0.05, 0.1) is 35.2 Å². The number of nitrogens with zero attached hydrogens (tertiary/aromatic N) is 1. The number of Topliss-reactive ketones (excluding diaryl/α,β-unsaturated/α-hetero) is 2. The van der Waals surface area contributed by atoms with Crippen LogP contribution in [-0.2, 0) is 14.4 Å². The molecule has 164 valence electrons. The Bertz CT molecular complexity index is 1110. The van der Waals surface area contributed by atoms with E-state index in [1.54, 1.807) is 0 Å². The molecule has 1 fully saturated rings. The number of carbonyl (C=O) groups is 3. The minimum absolute atomic E-state index is 0.133. The Hall–Kier alpha value is -3.41. The lowest BCUT2D eigenvalue weighted by Gasteiger charge is -2.52. The first-order valence-corrected chi connectivity index (χ1v) is 9.36. The first-order valence-electron chi connectivity index (χ1n) is 9.36. The van der Waals surface area contributed by atoms with Gasteiger partial charge in [-0.1, -0.05) is 6.07 Å². The molecule has 0 spiro atoms. The second-order valence-corrected chi connectivity index (χ2v) is 8.06. The molecule has 1 aromatic rings. The van der Waals surface area contributed by atoms with Gasteiger partial charge in [-0.15, -0.1) is 0 Å². The predicted molar refractivity (Wildman–Crippen MR) is 106 cm³/mol. The Labute approximate surface area is 175 Å². The summed E-state index contributed by atoms with van der Waals surface area (Å²) in [7, 11) is 2.87. The highest BCUT2D eigenvalue weighted by atomic mass is 16.4. The van der Waals surface area contributed by atoms with Crippen LogP contribution in [0, 0.1) is 5.92 Å². The number of hydrogen-bond acceptors (Lipinski definition) is 10. The lowest BCUT2D eigenvalue weighted by Crippen LogP contribution is -2.72. The Morgan fingerprint density at radius 3 is 2.42 bits per heavy atom. The van der Waals surface area contributed by atoms with Crippen molar-refractivity contribution in [2.45, 2.75) is 23.8 Å². The van der Waals surface area contributed by atoms with Crippen LogP contribution >= 0.6 is 0 Å². The summed E-state index contributed by atoms with van der Waals surface area (Å²) in [5, 5.41) is 57.0. The Morgan fingerprint density at radius 2 is 1.84 bits per heavy atom. The number of aliphatic hydroxyl groups excluding tert-OH is 3. The molecule has 0 radical (unpaired) electrons. The van der Waals surface area contributed by atoms with Gasteiger partial charge in [-0.05, 0) is 26.2 Å². The number of anilines is 1. The summed E-state index contributed by atoms with van der Waals surface area (Å²) in [6, 6.07) is 1.58. The molecule has 1 aromatic carbocycles. The van der Waals surface area contributed by atoms with Gasteiger partial charge in [-0.3, -0.25) is 19.3 Å². The first-order chi connectivity index (χ1) is 14.4. The monoisotopic (exact) mass is 431 g/mol. The summed E-state index contributed by atoms with van der Waals surface area (Å²) < 4.78 is 0. The zero-order chi connectivity index (χ0) is 23.0. The number of aromatic hydroxyl groups is 1. The fourth-order valence-corrected chi connectivity index (χ4v) is 4.84. The molecule has 11 nitrogen and oxygen atoms in total. The number of fused-ring (bicyclic) bond motifs is 3. The van der Waals surface area contributed by atoms with E-state index in [0.29, 0.717) is 0 Å². The highest BCUT2D eigenvalue weighted by Crippen LogP contribution is 2.50. The Balaban J connectivity index is 2.03. The van der Waals surface area contributed by atoms with E-state index in [4.69, 9.17) is 5.73 Å². The second kappa shape index (κ2) is 6.54. The zero-order valence-corrected chi connectivity index (χ0v) is 16.5. The molecular formula is C20H21N3O8. The number of phenols is 1. The van der Waals surface area contributed by atoms with E-state index in [0.717, 1.165) is 0 Å². The molecule has 1 aliphatic heterocycles. The molecule has 11 heteroatoms. The number of amides is 1. The van der Waals surface area contributed by atoms with E-state index in [-0.39, 0.29) is 17.0 Å². The minimum atomic E-state index is -2.92. The third kappa shape index (κ3) is 2.48. The van der Waals surface area contributed by atoms with Crippen LogP contribution in [0.3, 0.4) is 0 Å². The van der Waals surface area contributed by atoms with Crippen LogP contribution in [0.15, 0.2) is 35.1 Å². The van der Waals surface area contributed by atoms with Gasteiger partial charge in [0.25, 0.3) is 5.91 Å². The number of rotatable bonds is 2. The minimum Gasteiger partial charge on any atom is -0.508 e. The van der Waals surface area contributed by atoms with E-state index in [2.05, 4.69) is 5.32 Å². The molecule has 5 atom stereocenters. The summed E-state index contributed by atoms with van der Waals surface area (Å²) in [4.78, 5) is 39.6. The van der Waals surface area contributed by atoms with Crippen molar-refractivity contribution in [1.82, 2.24) is 4.90 Å². The van der Waals surface area contributed by atoms with Crippen molar-refractivity contribution in [2.24, 2.45) is 11.7 Å². The van der Waals surface area contributed by atoms with Gasteiger partial charge in [0.2, 0.25) is 5.78 Å². The average molecular weight is 431 g/mol. The zero-order valence-electron chi connectivity index (χ0n) is 16.5. The molecule has 0 aromatic heterocycles. The van der Waals surface area contributed by atoms with Crippen molar-refractivity contribution in [3.8, 4) is 5.75 Å². The molecule has 0 bridgehead atoms. The van der Waals surface area contributed by atoms with Crippen molar-refractivity contribution in [3.63, 3.8) is 0 Å². The van der Waals surface area contributed by atoms with E-state index in [1.165, 1.54) is 37.2 Å². The van der Waals surface area contributed by atoms with E-state index in [9.17, 15) is 39.9 Å². The second-order valence-electron chi connectivity index (χ2n) is 8.06. The molecule has 3 aliphatic rings. The van der Waals surface area contributed by atoms with Crippen molar-refractivity contribution in [2.75, 3.05) is 19.4 Å². The van der Waals surface area contributed by atoms with Gasteiger partial charge in [-0.2, -0.15) is 0 Å². The van der Waals surface area contributed by atoms with Gasteiger partial charge < -0.3 is 36.6 Å². The largest absolute Gasteiger partial charge is 0.508 e. The normalized spacial score (nSPS) is 32.4. The molecule has 1 amide bonds. The average Bonchev–Trinajstić information content (AvgIpc) is 2.67. The number of phenolic OH excluding ortho intramolecular Hbond substituents is 1. The van der Waals surface area contributed by atoms with Gasteiger partial charge in [0.15, 0.2) is 11.4 Å². The third-order valence-electron chi connectivity index (χ3n) is 6.19. The third-order valence-corrected chi connectivity index (χ3v) is 6.19. The molecule has 4 rings (SSSR count). The Morgan fingerprint density at radius 1 is 1.19 bits per heavy atom. The van der Waals surface area contributed by atoms with Gasteiger partial charge in [0, 0.05) is 5.69 Å². The number of hydrogen-bond donors (Lipinski definition) is 7. The molecule has 0 unspecified atom stereocenters. The summed E-state index contributed by atoms with van der Waals surface area (Å²) >= 11 is 0. The molecule has 31 heavy (non-hydrogen) atoms. The van der Waals surface area contributed by atoms with Crippen LogP contribution in [0.25, 0.3) is 5.76 Å². The van der Waals surface area contributed by atoms with E-state index < -0.39 is 69.8 Å². The fourth-order valence-electron chi connectivity index (χ4n) is 4.84. The lowest BCUT2D eigenvalue weighted by atomic mass is 9.59. The summed E-state index contributed by atoms with van der Waals surface area (Å²) in [6.07, 6.45) is -1.68. The smallest absolute Gasteiger partial charge is 0.255 e. The van der Waals surface area contributed by atoms with Crippen molar-refractivity contribution >= 4 is 28.9 Å². The number of nitrogens with one attached hydrogen (secondary N) is 1. The van der Waals surface area contributed by atoms with Crippen LogP contribution in [0.4, 0.5) is 5.69 Å². The van der Waals surface area contributed by atoms with Crippen molar-refractivity contribution in [1.29, 1.82) is 0 Å². The van der Waals surface area contributed by atoms with Crippen LogP contribution in [-0.4, -0.2) is 85.8 Å². The van der Waals surface area contributed by atoms with E-state index in [1.807, 2.05) is 0 Å². The maximum absolute atomic E-state index is 13.5. The van der Waals surface area contributed by atoms with Crippen LogP contribution in [0.1, 0.15) is 5.56 Å². The standard InChI is InChI=1S/C20H21N3O8/c1-23(2)13-11-16(27)12-9(14(25)8-6(22-12)4-3-5-7(8)24)17(28)20(11,31)18(29)10(15(13)26)19(21)30/h3-5,11-13,16,22,24-25,27,29,31H,1-2H3,(H2,21,30)/t11-,12-,13+,16-,20+/m1/s1.